The van der Waals surface area contributed by atoms with Crippen molar-refractivity contribution >= 4 is 39.2 Å². The van der Waals surface area contributed by atoms with Gasteiger partial charge in [0.2, 0.25) is 0 Å². The van der Waals surface area contributed by atoms with Gasteiger partial charge in [-0.15, -0.1) is 0 Å². The number of aromatic nitrogens is 2. The lowest BCUT2D eigenvalue weighted by Gasteiger charge is -2.09. The second kappa shape index (κ2) is 6.76. The van der Waals surface area contributed by atoms with Crippen molar-refractivity contribution in [3.05, 3.63) is 45.7 Å². The van der Waals surface area contributed by atoms with Crippen molar-refractivity contribution in [1.82, 2.24) is 15.1 Å². The van der Waals surface area contributed by atoms with Gasteiger partial charge in [0.25, 0.3) is 0 Å². The van der Waals surface area contributed by atoms with E-state index in [1.54, 1.807) is 30.5 Å². The molecule has 0 aliphatic rings. The monoisotopic (exact) mass is 356 g/mol. The Balaban J connectivity index is 1.92. The van der Waals surface area contributed by atoms with E-state index in [2.05, 4.69) is 31.7 Å². The fourth-order valence-corrected chi connectivity index (χ4v) is 2.27. The van der Waals surface area contributed by atoms with E-state index in [1.807, 2.05) is 11.6 Å². The molecular weight excluding hydrogens is 344 g/mol. The molecule has 0 atom stereocenters. The van der Waals surface area contributed by atoms with Crippen molar-refractivity contribution < 1.29 is 4.79 Å². The molecule has 2 amide bonds. The molecule has 1 heterocycles. The second-order valence-electron chi connectivity index (χ2n) is 4.07. The first-order valence-electron chi connectivity index (χ1n) is 6.10. The van der Waals surface area contributed by atoms with Crippen molar-refractivity contribution in [3.63, 3.8) is 0 Å². The van der Waals surface area contributed by atoms with Crippen LogP contribution in [0.2, 0.25) is 5.02 Å². The maximum absolute atomic E-state index is 11.8. The van der Waals surface area contributed by atoms with Crippen LogP contribution in [0.1, 0.15) is 12.6 Å². The molecule has 0 aliphatic carbocycles. The zero-order chi connectivity index (χ0) is 14.5. The minimum absolute atomic E-state index is 0.275. The highest BCUT2D eigenvalue weighted by atomic mass is 79.9. The number of nitrogens with zero attached hydrogens (tertiary/aromatic N) is 2. The van der Waals surface area contributed by atoms with Gasteiger partial charge in [-0.2, -0.15) is 5.10 Å². The highest BCUT2D eigenvalue weighted by Gasteiger charge is 2.09. The lowest BCUT2D eigenvalue weighted by atomic mass is 10.3. The Labute approximate surface area is 130 Å². The van der Waals surface area contributed by atoms with Crippen LogP contribution in [0.25, 0.3) is 0 Å². The zero-order valence-corrected chi connectivity index (χ0v) is 13.2. The lowest BCUT2D eigenvalue weighted by Crippen LogP contribution is -2.29. The fourth-order valence-electron chi connectivity index (χ4n) is 1.71. The standard InChI is InChI=1S/C13H14BrClN4O/c1-2-19-12(11(14)7-17-19)8-16-13(20)18-10-5-3-9(15)4-6-10/h3-7H,2,8H2,1H3,(H2,16,18,20). The summed E-state index contributed by atoms with van der Waals surface area (Å²) in [5.74, 6) is 0. The Bertz CT molecular complexity index is 597. The van der Waals surface area contributed by atoms with Crippen molar-refractivity contribution in [1.29, 1.82) is 0 Å². The van der Waals surface area contributed by atoms with Gasteiger partial charge in [-0.1, -0.05) is 11.6 Å². The van der Waals surface area contributed by atoms with Gasteiger partial charge in [0, 0.05) is 17.3 Å². The van der Waals surface area contributed by atoms with Gasteiger partial charge in [0.15, 0.2) is 0 Å². The number of carbonyl (C=O) groups excluding carboxylic acids is 1. The molecule has 20 heavy (non-hydrogen) atoms. The molecule has 0 spiro atoms. The van der Waals surface area contributed by atoms with E-state index in [-0.39, 0.29) is 6.03 Å². The fraction of sp³-hybridized carbons (Fsp3) is 0.231. The maximum atomic E-state index is 11.8. The van der Waals surface area contributed by atoms with E-state index < -0.39 is 0 Å². The summed E-state index contributed by atoms with van der Waals surface area (Å²) in [6.45, 7) is 3.14. The molecular formula is C13H14BrClN4O. The van der Waals surface area contributed by atoms with E-state index in [0.717, 1.165) is 16.7 Å². The third-order valence-electron chi connectivity index (χ3n) is 2.72. The largest absolute Gasteiger partial charge is 0.332 e. The van der Waals surface area contributed by atoms with Gasteiger partial charge in [-0.05, 0) is 47.1 Å². The first-order valence-corrected chi connectivity index (χ1v) is 7.28. The number of anilines is 1. The Kier molecular flexibility index (Phi) is 5.03. The Morgan fingerprint density at radius 2 is 2.10 bits per heavy atom. The molecule has 5 nitrogen and oxygen atoms in total. The molecule has 0 aliphatic heterocycles. The van der Waals surface area contributed by atoms with Crippen molar-refractivity contribution in [3.8, 4) is 0 Å². The molecule has 2 aromatic rings. The van der Waals surface area contributed by atoms with Gasteiger partial charge in [0.05, 0.1) is 22.9 Å². The molecule has 0 fully saturated rings. The molecule has 2 rings (SSSR count). The van der Waals surface area contributed by atoms with E-state index in [9.17, 15) is 4.79 Å². The molecule has 0 saturated carbocycles. The van der Waals surface area contributed by atoms with Crippen molar-refractivity contribution in [2.45, 2.75) is 20.0 Å². The van der Waals surface area contributed by atoms with Crippen molar-refractivity contribution in [2.24, 2.45) is 0 Å². The number of hydrogen-bond donors (Lipinski definition) is 2. The number of urea groups is 1. The Hall–Kier alpha value is -1.53. The zero-order valence-electron chi connectivity index (χ0n) is 10.9. The number of hydrogen-bond acceptors (Lipinski definition) is 2. The van der Waals surface area contributed by atoms with Gasteiger partial charge < -0.3 is 10.6 Å². The first kappa shape index (κ1) is 14.9. The number of halogens is 2. The number of benzene rings is 1. The maximum Gasteiger partial charge on any atom is 0.319 e. The average Bonchev–Trinajstić information content (AvgIpc) is 2.79. The van der Waals surface area contributed by atoms with Gasteiger partial charge in [0.1, 0.15) is 0 Å². The van der Waals surface area contributed by atoms with Gasteiger partial charge in [-0.3, -0.25) is 4.68 Å². The predicted octanol–water partition coefficient (Wildman–Crippen LogP) is 3.64. The average molecular weight is 358 g/mol. The third kappa shape index (κ3) is 3.74. The van der Waals surface area contributed by atoms with Crippen LogP contribution in [0.3, 0.4) is 0 Å². The number of rotatable bonds is 4. The van der Waals surface area contributed by atoms with Gasteiger partial charge in [-0.25, -0.2) is 4.79 Å². The lowest BCUT2D eigenvalue weighted by molar-refractivity contribution is 0.251. The summed E-state index contributed by atoms with van der Waals surface area (Å²) in [5, 5.41) is 10.3. The summed E-state index contributed by atoms with van der Waals surface area (Å²) in [4.78, 5) is 11.8. The van der Waals surface area contributed by atoms with Crippen LogP contribution in [0, 0.1) is 0 Å². The Morgan fingerprint density at radius 3 is 2.75 bits per heavy atom. The molecule has 1 aromatic heterocycles. The van der Waals surface area contributed by atoms with Crippen molar-refractivity contribution in [2.75, 3.05) is 5.32 Å². The molecule has 0 unspecified atom stereocenters. The minimum atomic E-state index is -0.275. The summed E-state index contributed by atoms with van der Waals surface area (Å²) in [6, 6.07) is 6.66. The van der Waals surface area contributed by atoms with Crippen LogP contribution in [-0.2, 0) is 13.1 Å². The van der Waals surface area contributed by atoms with Crippen LogP contribution in [-0.4, -0.2) is 15.8 Å². The van der Waals surface area contributed by atoms with E-state index >= 15 is 0 Å². The quantitative estimate of drug-likeness (QED) is 0.877. The Morgan fingerprint density at radius 1 is 1.40 bits per heavy atom. The smallest absolute Gasteiger partial charge is 0.319 e. The summed E-state index contributed by atoms with van der Waals surface area (Å²) >= 11 is 9.20. The highest BCUT2D eigenvalue weighted by Crippen LogP contribution is 2.16. The van der Waals surface area contributed by atoms with E-state index in [0.29, 0.717) is 17.3 Å². The summed E-state index contributed by atoms with van der Waals surface area (Å²) in [6.07, 6.45) is 1.72. The number of carbonyl (C=O) groups is 1. The van der Waals surface area contributed by atoms with E-state index in [4.69, 9.17) is 11.6 Å². The topological polar surface area (TPSA) is 59.0 Å². The summed E-state index contributed by atoms with van der Waals surface area (Å²) in [7, 11) is 0. The second-order valence-corrected chi connectivity index (χ2v) is 5.36. The molecule has 0 saturated heterocycles. The minimum Gasteiger partial charge on any atom is -0.332 e. The molecule has 0 radical (unpaired) electrons. The van der Waals surface area contributed by atoms with E-state index in [1.165, 1.54) is 0 Å². The summed E-state index contributed by atoms with van der Waals surface area (Å²) < 4.78 is 2.71. The number of aryl methyl sites for hydroxylation is 1. The third-order valence-corrected chi connectivity index (χ3v) is 3.63. The number of amides is 2. The molecule has 0 bridgehead atoms. The normalized spacial score (nSPS) is 10.3. The van der Waals surface area contributed by atoms with Crippen LogP contribution < -0.4 is 10.6 Å². The van der Waals surface area contributed by atoms with Gasteiger partial charge >= 0.3 is 6.03 Å². The number of nitrogens with one attached hydrogen (secondary N) is 2. The van der Waals surface area contributed by atoms with Crippen LogP contribution in [0.4, 0.5) is 10.5 Å². The molecule has 1 aromatic carbocycles. The van der Waals surface area contributed by atoms with Crippen LogP contribution >= 0.6 is 27.5 Å². The van der Waals surface area contributed by atoms with Crippen LogP contribution in [0.5, 0.6) is 0 Å². The first-order chi connectivity index (χ1) is 9.60. The summed E-state index contributed by atoms with van der Waals surface area (Å²) in [5.41, 5.74) is 1.62. The predicted molar refractivity (Wildman–Crippen MR) is 82.9 cm³/mol. The molecule has 2 N–H and O–H groups in total. The highest BCUT2D eigenvalue weighted by molar-refractivity contribution is 9.10. The molecule has 106 valence electrons. The molecule has 7 heteroatoms. The van der Waals surface area contributed by atoms with Crippen LogP contribution in [0.15, 0.2) is 34.9 Å². The SMILES string of the molecule is CCn1ncc(Br)c1CNC(=O)Nc1ccc(Cl)cc1.